The van der Waals surface area contributed by atoms with Gasteiger partial charge in [-0.1, -0.05) is 59.6 Å². The molecule has 4 aromatic rings. The smallest absolute Gasteiger partial charge is 0.224 e. The van der Waals surface area contributed by atoms with E-state index >= 15 is 0 Å². The monoisotopic (exact) mass is 475 g/mol. The van der Waals surface area contributed by atoms with Crippen LogP contribution in [0.15, 0.2) is 72.8 Å². The van der Waals surface area contributed by atoms with Crippen LogP contribution in [-0.2, 0) is 24.2 Å². The molecule has 0 bridgehead atoms. The number of nitrogens with zero attached hydrogens (tertiary/aromatic N) is 2. The van der Waals surface area contributed by atoms with Gasteiger partial charge in [0.25, 0.3) is 0 Å². The number of aryl methyl sites for hydroxylation is 3. The van der Waals surface area contributed by atoms with Gasteiger partial charge in [0.05, 0.1) is 24.1 Å². The number of aromatic nitrogens is 2. The number of fused-ring (bicyclic) bond motifs is 1. The fourth-order valence-corrected chi connectivity index (χ4v) is 4.17. The summed E-state index contributed by atoms with van der Waals surface area (Å²) in [7, 11) is 0. The van der Waals surface area contributed by atoms with Crippen LogP contribution in [0, 0.1) is 6.92 Å². The predicted molar refractivity (Wildman–Crippen MR) is 138 cm³/mol. The SMILES string of the molecule is Cc1ccc(OCCCn2c(CCCNC(=O)Cc3ccccc3Cl)nc3ccccc32)cc1. The van der Waals surface area contributed by atoms with Gasteiger partial charge in [-0.05, 0) is 55.7 Å². The number of halogens is 1. The Morgan fingerprint density at radius 3 is 2.59 bits per heavy atom. The lowest BCUT2D eigenvalue weighted by molar-refractivity contribution is -0.120. The molecule has 0 unspecified atom stereocenters. The van der Waals surface area contributed by atoms with Gasteiger partial charge in [0.1, 0.15) is 11.6 Å². The van der Waals surface area contributed by atoms with E-state index in [0.29, 0.717) is 24.6 Å². The summed E-state index contributed by atoms with van der Waals surface area (Å²) in [5, 5.41) is 3.62. The first kappa shape index (κ1) is 23.8. The van der Waals surface area contributed by atoms with E-state index in [9.17, 15) is 4.79 Å². The lowest BCUT2D eigenvalue weighted by Crippen LogP contribution is -2.26. The topological polar surface area (TPSA) is 56.1 Å². The van der Waals surface area contributed by atoms with Gasteiger partial charge in [0, 0.05) is 24.5 Å². The van der Waals surface area contributed by atoms with E-state index in [1.807, 2.05) is 48.5 Å². The number of carbonyl (C=O) groups excluding carboxylic acids is 1. The Bertz CT molecular complexity index is 1230. The maximum Gasteiger partial charge on any atom is 0.224 e. The molecule has 5 nitrogen and oxygen atoms in total. The normalized spacial score (nSPS) is 11.0. The summed E-state index contributed by atoms with van der Waals surface area (Å²) < 4.78 is 8.18. The molecule has 0 saturated heterocycles. The van der Waals surface area contributed by atoms with Crippen LogP contribution in [0.5, 0.6) is 5.75 Å². The van der Waals surface area contributed by atoms with Gasteiger partial charge in [-0.2, -0.15) is 0 Å². The average Bonchev–Trinajstić information content (AvgIpc) is 3.19. The molecule has 34 heavy (non-hydrogen) atoms. The molecule has 1 amide bonds. The van der Waals surface area contributed by atoms with Crippen LogP contribution in [0.1, 0.15) is 29.8 Å². The molecule has 0 aliphatic heterocycles. The van der Waals surface area contributed by atoms with E-state index in [1.54, 1.807) is 6.07 Å². The second kappa shape index (κ2) is 11.7. The van der Waals surface area contributed by atoms with E-state index in [1.165, 1.54) is 5.56 Å². The summed E-state index contributed by atoms with van der Waals surface area (Å²) in [4.78, 5) is 17.1. The van der Waals surface area contributed by atoms with Crippen LogP contribution in [0.2, 0.25) is 5.02 Å². The molecule has 0 aliphatic rings. The zero-order valence-electron chi connectivity index (χ0n) is 19.5. The molecule has 0 atom stereocenters. The Balaban J connectivity index is 1.29. The zero-order valence-corrected chi connectivity index (χ0v) is 20.2. The third kappa shape index (κ3) is 6.39. The molecule has 1 N–H and O–H groups in total. The third-order valence-electron chi connectivity index (χ3n) is 5.76. The second-order valence-electron chi connectivity index (χ2n) is 8.41. The van der Waals surface area contributed by atoms with Gasteiger partial charge < -0.3 is 14.6 Å². The lowest BCUT2D eigenvalue weighted by atomic mass is 10.1. The molecule has 0 fully saturated rings. The van der Waals surface area contributed by atoms with Crippen LogP contribution >= 0.6 is 11.6 Å². The van der Waals surface area contributed by atoms with Crippen molar-refractivity contribution in [2.45, 2.75) is 39.2 Å². The van der Waals surface area contributed by atoms with Crippen molar-refractivity contribution in [2.75, 3.05) is 13.2 Å². The largest absolute Gasteiger partial charge is 0.494 e. The third-order valence-corrected chi connectivity index (χ3v) is 6.13. The van der Waals surface area contributed by atoms with E-state index in [2.05, 4.69) is 35.0 Å². The van der Waals surface area contributed by atoms with Crippen LogP contribution < -0.4 is 10.1 Å². The lowest BCUT2D eigenvalue weighted by Gasteiger charge is -2.11. The number of imidazole rings is 1. The molecular formula is C28H30ClN3O2. The number of para-hydroxylation sites is 2. The Morgan fingerprint density at radius 1 is 1.00 bits per heavy atom. The van der Waals surface area contributed by atoms with Gasteiger partial charge in [0.2, 0.25) is 5.91 Å². The first-order valence-corrected chi connectivity index (χ1v) is 12.1. The molecule has 3 aromatic carbocycles. The minimum Gasteiger partial charge on any atom is -0.494 e. The number of amides is 1. The molecule has 0 radical (unpaired) electrons. The molecule has 1 aromatic heterocycles. The van der Waals surface area contributed by atoms with Gasteiger partial charge in [-0.3, -0.25) is 4.79 Å². The van der Waals surface area contributed by atoms with Crippen LogP contribution in [0.4, 0.5) is 0 Å². The van der Waals surface area contributed by atoms with E-state index in [4.69, 9.17) is 21.3 Å². The fraction of sp³-hybridized carbons (Fsp3) is 0.286. The maximum atomic E-state index is 12.3. The second-order valence-corrected chi connectivity index (χ2v) is 8.81. The summed E-state index contributed by atoms with van der Waals surface area (Å²) in [6.07, 6.45) is 2.78. The predicted octanol–water partition coefficient (Wildman–Crippen LogP) is 5.76. The van der Waals surface area contributed by atoms with Crippen molar-refractivity contribution in [2.24, 2.45) is 0 Å². The Labute approximate surface area is 205 Å². The highest BCUT2D eigenvalue weighted by Gasteiger charge is 2.11. The number of hydrogen-bond acceptors (Lipinski definition) is 3. The summed E-state index contributed by atoms with van der Waals surface area (Å²) >= 11 is 6.16. The van der Waals surface area contributed by atoms with Gasteiger partial charge in [-0.15, -0.1) is 0 Å². The van der Waals surface area contributed by atoms with E-state index < -0.39 is 0 Å². The number of rotatable bonds is 11. The van der Waals surface area contributed by atoms with Crippen molar-refractivity contribution in [3.05, 3.63) is 94.8 Å². The number of benzene rings is 3. The van der Waals surface area contributed by atoms with Crippen molar-refractivity contribution in [3.8, 4) is 5.75 Å². The summed E-state index contributed by atoms with van der Waals surface area (Å²) in [6.45, 7) is 4.15. The minimum atomic E-state index is -0.0187. The molecule has 6 heteroatoms. The van der Waals surface area contributed by atoms with Crippen molar-refractivity contribution in [3.63, 3.8) is 0 Å². The van der Waals surface area contributed by atoms with Crippen molar-refractivity contribution in [1.82, 2.24) is 14.9 Å². The zero-order chi connectivity index (χ0) is 23.8. The van der Waals surface area contributed by atoms with Crippen molar-refractivity contribution >= 4 is 28.5 Å². The van der Waals surface area contributed by atoms with E-state index in [-0.39, 0.29) is 5.91 Å². The molecule has 176 valence electrons. The highest BCUT2D eigenvalue weighted by molar-refractivity contribution is 6.31. The molecule has 0 spiro atoms. The molecular weight excluding hydrogens is 446 g/mol. The van der Waals surface area contributed by atoms with Crippen LogP contribution in [0.3, 0.4) is 0 Å². The van der Waals surface area contributed by atoms with E-state index in [0.717, 1.165) is 54.0 Å². The molecule has 1 heterocycles. The number of hydrogen-bond donors (Lipinski definition) is 1. The van der Waals surface area contributed by atoms with Gasteiger partial charge >= 0.3 is 0 Å². The summed E-state index contributed by atoms with van der Waals surface area (Å²) in [6, 6.07) is 23.8. The van der Waals surface area contributed by atoms with Gasteiger partial charge in [0.15, 0.2) is 0 Å². The number of ether oxygens (including phenoxy) is 1. The number of carbonyl (C=O) groups is 1. The average molecular weight is 476 g/mol. The molecule has 4 rings (SSSR count). The standard InChI is InChI=1S/C28H30ClN3O2/c1-21-13-15-23(16-14-21)34-19-7-18-32-26-11-5-4-10-25(26)31-27(32)12-6-17-30-28(33)20-22-8-2-3-9-24(22)29/h2-5,8-11,13-16H,6-7,12,17-20H2,1H3,(H,30,33). The summed E-state index contributed by atoms with van der Waals surface area (Å²) in [5.41, 5.74) is 4.20. The van der Waals surface area contributed by atoms with Crippen LogP contribution in [0.25, 0.3) is 11.0 Å². The summed E-state index contributed by atoms with van der Waals surface area (Å²) in [5.74, 6) is 1.92. The molecule has 0 saturated carbocycles. The first-order chi connectivity index (χ1) is 16.6. The van der Waals surface area contributed by atoms with Crippen molar-refractivity contribution in [1.29, 1.82) is 0 Å². The highest BCUT2D eigenvalue weighted by Crippen LogP contribution is 2.19. The first-order valence-electron chi connectivity index (χ1n) is 11.7. The Hall–Kier alpha value is -3.31. The van der Waals surface area contributed by atoms with Gasteiger partial charge in [-0.25, -0.2) is 4.98 Å². The molecule has 0 aliphatic carbocycles. The number of nitrogens with one attached hydrogen (secondary N) is 1. The minimum absolute atomic E-state index is 0.0187. The highest BCUT2D eigenvalue weighted by atomic mass is 35.5. The van der Waals surface area contributed by atoms with Crippen LogP contribution in [-0.4, -0.2) is 28.6 Å². The Morgan fingerprint density at radius 2 is 1.76 bits per heavy atom. The van der Waals surface area contributed by atoms with Crippen molar-refractivity contribution < 1.29 is 9.53 Å². The Kier molecular flexibility index (Phi) is 8.21. The quantitative estimate of drug-likeness (QED) is 0.281. The maximum absolute atomic E-state index is 12.3. The fourth-order valence-electron chi connectivity index (χ4n) is 3.96.